The van der Waals surface area contributed by atoms with E-state index in [4.69, 9.17) is 9.15 Å². The molecule has 6 heteroatoms. The lowest BCUT2D eigenvalue weighted by molar-refractivity contribution is 0.0714. The molecule has 5 rings (SSSR count). The van der Waals surface area contributed by atoms with Crippen LogP contribution in [0.15, 0.2) is 70.1 Å². The molecule has 6 nitrogen and oxygen atoms in total. The lowest BCUT2D eigenvalue weighted by Crippen LogP contribution is -2.29. The predicted octanol–water partition coefficient (Wildman–Crippen LogP) is 4.95. The van der Waals surface area contributed by atoms with E-state index in [0.717, 1.165) is 28.0 Å². The summed E-state index contributed by atoms with van der Waals surface area (Å²) in [5.74, 6) is 0.551. The Kier molecular flexibility index (Phi) is 5.21. The van der Waals surface area contributed by atoms with E-state index >= 15 is 0 Å². The molecule has 0 saturated heterocycles. The van der Waals surface area contributed by atoms with Crippen LogP contribution in [0.25, 0.3) is 11.0 Å². The monoisotopic (exact) mass is 440 g/mol. The molecule has 1 atom stereocenters. The van der Waals surface area contributed by atoms with Crippen molar-refractivity contribution >= 4 is 16.9 Å². The largest absolute Gasteiger partial charge is 0.494 e. The maximum Gasteiger partial charge on any atom is 0.291 e. The first-order valence-corrected chi connectivity index (χ1v) is 11.0. The van der Waals surface area contributed by atoms with Gasteiger partial charge in [-0.25, -0.2) is 0 Å². The first-order chi connectivity index (χ1) is 16.0. The highest BCUT2D eigenvalue weighted by atomic mass is 16.5. The van der Waals surface area contributed by atoms with Gasteiger partial charge in [0.25, 0.3) is 5.91 Å². The number of aromatic nitrogens is 1. The number of benzene rings is 2. The van der Waals surface area contributed by atoms with Crippen molar-refractivity contribution in [2.24, 2.45) is 0 Å². The number of fused-ring (bicyclic) bond motifs is 2. The SMILES string of the molecule is CCOc1ccc(C2c3c(oc4c(C)cc(C)cc4c3=O)C(=O)N2Cc2cccnc2)cc1. The van der Waals surface area contributed by atoms with E-state index in [2.05, 4.69) is 4.98 Å². The van der Waals surface area contributed by atoms with Crippen molar-refractivity contribution in [3.05, 3.63) is 105 Å². The van der Waals surface area contributed by atoms with E-state index in [0.29, 0.717) is 29.7 Å². The lowest BCUT2D eigenvalue weighted by atomic mass is 9.97. The minimum Gasteiger partial charge on any atom is -0.494 e. The molecule has 0 saturated carbocycles. The van der Waals surface area contributed by atoms with Gasteiger partial charge in [0.2, 0.25) is 5.76 Å². The molecule has 33 heavy (non-hydrogen) atoms. The number of amides is 1. The fourth-order valence-corrected chi connectivity index (χ4v) is 4.59. The van der Waals surface area contributed by atoms with Crippen LogP contribution in [0.5, 0.6) is 5.75 Å². The summed E-state index contributed by atoms with van der Waals surface area (Å²) in [7, 11) is 0. The number of carbonyl (C=O) groups excluding carboxylic acids is 1. The highest BCUT2D eigenvalue weighted by Gasteiger charge is 2.42. The molecule has 1 amide bonds. The van der Waals surface area contributed by atoms with Crippen molar-refractivity contribution in [2.75, 3.05) is 6.61 Å². The van der Waals surface area contributed by atoms with E-state index in [9.17, 15) is 9.59 Å². The minimum absolute atomic E-state index is 0.113. The summed E-state index contributed by atoms with van der Waals surface area (Å²) < 4.78 is 11.7. The van der Waals surface area contributed by atoms with Gasteiger partial charge >= 0.3 is 0 Å². The van der Waals surface area contributed by atoms with Gasteiger partial charge in [0.1, 0.15) is 11.3 Å². The highest BCUT2D eigenvalue weighted by molar-refractivity contribution is 5.99. The number of nitrogens with zero attached hydrogens (tertiary/aromatic N) is 2. The number of pyridine rings is 1. The second-order valence-corrected chi connectivity index (χ2v) is 8.33. The van der Waals surface area contributed by atoms with Crippen molar-refractivity contribution < 1.29 is 13.9 Å². The van der Waals surface area contributed by atoms with Gasteiger partial charge in [0.15, 0.2) is 5.43 Å². The quantitative estimate of drug-likeness (QED) is 0.439. The summed E-state index contributed by atoms with van der Waals surface area (Å²) in [6.07, 6.45) is 3.42. The number of ether oxygens (including phenoxy) is 1. The molecule has 3 heterocycles. The van der Waals surface area contributed by atoms with E-state index in [1.54, 1.807) is 17.3 Å². The second-order valence-electron chi connectivity index (χ2n) is 8.33. The first kappa shape index (κ1) is 20.9. The Hall–Kier alpha value is -3.93. The zero-order chi connectivity index (χ0) is 23.1. The minimum atomic E-state index is -0.565. The molecule has 1 aliphatic heterocycles. The van der Waals surface area contributed by atoms with Crippen molar-refractivity contribution in [3.63, 3.8) is 0 Å². The molecule has 0 N–H and O–H groups in total. The van der Waals surface area contributed by atoms with Crippen LogP contribution >= 0.6 is 0 Å². The highest BCUT2D eigenvalue weighted by Crippen LogP contribution is 2.40. The molecular weight excluding hydrogens is 416 g/mol. The van der Waals surface area contributed by atoms with Gasteiger partial charge in [-0.15, -0.1) is 0 Å². The van der Waals surface area contributed by atoms with E-state index in [1.165, 1.54) is 0 Å². The Bertz CT molecular complexity index is 1410. The van der Waals surface area contributed by atoms with Crippen LogP contribution in [-0.2, 0) is 6.54 Å². The molecule has 0 bridgehead atoms. The van der Waals surface area contributed by atoms with Crippen molar-refractivity contribution in [1.29, 1.82) is 0 Å². The molecule has 166 valence electrons. The summed E-state index contributed by atoms with van der Waals surface area (Å²) in [6.45, 7) is 6.63. The predicted molar refractivity (Wildman–Crippen MR) is 126 cm³/mol. The third-order valence-electron chi connectivity index (χ3n) is 5.98. The lowest BCUT2D eigenvalue weighted by Gasteiger charge is -2.25. The zero-order valence-corrected chi connectivity index (χ0v) is 18.8. The van der Waals surface area contributed by atoms with Crippen molar-refractivity contribution in [3.8, 4) is 5.75 Å². The van der Waals surface area contributed by atoms with Crippen LogP contribution in [0.3, 0.4) is 0 Å². The first-order valence-electron chi connectivity index (χ1n) is 11.0. The topological polar surface area (TPSA) is 72.6 Å². The second kappa shape index (κ2) is 8.20. The van der Waals surface area contributed by atoms with Crippen LogP contribution in [-0.4, -0.2) is 22.4 Å². The van der Waals surface area contributed by atoms with Crippen LogP contribution in [0.1, 0.15) is 51.3 Å². The van der Waals surface area contributed by atoms with Gasteiger partial charge < -0.3 is 14.1 Å². The maximum atomic E-state index is 13.7. The molecule has 2 aromatic carbocycles. The van der Waals surface area contributed by atoms with Crippen LogP contribution in [0, 0.1) is 13.8 Å². The van der Waals surface area contributed by atoms with Gasteiger partial charge in [-0.3, -0.25) is 14.6 Å². The third kappa shape index (κ3) is 3.57. The van der Waals surface area contributed by atoms with Crippen molar-refractivity contribution in [2.45, 2.75) is 33.4 Å². The fourth-order valence-electron chi connectivity index (χ4n) is 4.59. The molecule has 0 spiro atoms. The van der Waals surface area contributed by atoms with E-state index in [-0.39, 0.29) is 17.1 Å². The Balaban J connectivity index is 1.72. The molecule has 2 aromatic heterocycles. The van der Waals surface area contributed by atoms with Gasteiger partial charge in [0.05, 0.1) is 23.6 Å². The maximum absolute atomic E-state index is 13.7. The molecule has 1 unspecified atom stereocenters. The van der Waals surface area contributed by atoms with Gasteiger partial charge in [0, 0.05) is 18.9 Å². The molecule has 4 aromatic rings. The van der Waals surface area contributed by atoms with Crippen LogP contribution in [0.4, 0.5) is 0 Å². The van der Waals surface area contributed by atoms with Crippen LogP contribution < -0.4 is 10.2 Å². The molecule has 0 fully saturated rings. The average molecular weight is 440 g/mol. The summed E-state index contributed by atoms with van der Waals surface area (Å²) >= 11 is 0. The van der Waals surface area contributed by atoms with Gasteiger partial charge in [-0.05, 0) is 67.3 Å². The summed E-state index contributed by atoms with van der Waals surface area (Å²) in [6, 6.07) is 14.5. The smallest absolute Gasteiger partial charge is 0.291 e. The fraction of sp³-hybridized carbons (Fsp3) is 0.222. The molecule has 1 aliphatic rings. The van der Waals surface area contributed by atoms with Gasteiger partial charge in [-0.2, -0.15) is 0 Å². The zero-order valence-electron chi connectivity index (χ0n) is 18.8. The molecular formula is C27H24N2O4. The third-order valence-corrected chi connectivity index (χ3v) is 5.98. The normalized spacial score (nSPS) is 15.2. The Morgan fingerprint density at radius 2 is 1.88 bits per heavy atom. The Morgan fingerprint density at radius 3 is 2.58 bits per heavy atom. The Labute approximate surface area is 191 Å². The van der Waals surface area contributed by atoms with E-state index in [1.807, 2.05) is 69.3 Å². The molecule has 0 radical (unpaired) electrons. The number of carbonyl (C=O) groups is 1. The molecule has 0 aliphatic carbocycles. The van der Waals surface area contributed by atoms with E-state index < -0.39 is 6.04 Å². The number of aryl methyl sites for hydroxylation is 2. The average Bonchev–Trinajstić information content (AvgIpc) is 3.08. The Morgan fingerprint density at radius 1 is 1.09 bits per heavy atom. The number of hydrogen-bond acceptors (Lipinski definition) is 5. The van der Waals surface area contributed by atoms with Crippen LogP contribution in [0.2, 0.25) is 0 Å². The van der Waals surface area contributed by atoms with Crippen molar-refractivity contribution in [1.82, 2.24) is 9.88 Å². The summed E-state index contributed by atoms with van der Waals surface area (Å²) in [5.41, 5.74) is 4.18. The standard InChI is InChI=1S/C27H24N2O4/c1-4-32-20-9-7-19(8-10-20)23-22-24(30)21-13-16(2)12-17(3)25(21)33-26(22)27(31)29(23)15-18-6-5-11-28-14-18/h5-14,23H,4,15H2,1-3H3. The van der Waals surface area contributed by atoms with Gasteiger partial charge in [-0.1, -0.05) is 24.3 Å². The number of hydrogen-bond donors (Lipinski definition) is 0. The number of rotatable bonds is 5. The summed E-state index contributed by atoms with van der Waals surface area (Å²) in [4.78, 5) is 33.2. The summed E-state index contributed by atoms with van der Waals surface area (Å²) in [5, 5.41) is 0.498.